The third kappa shape index (κ3) is 2.80. The highest BCUT2D eigenvalue weighted by Gasteiger charge is 2.08. The molecule has 0 aliphatic rings. The molecule has 0 spiro atoms. The normalized spacial score (nSPS) is 11.2. The first-order valence-corrected chi connectivity index (χ1v) is 6.66. The van der Waals surface area contributed by atoms with Gasteiger partial charge in [-0.05, 0) is 12.5 Å². The molecular weight excluding hydrogens is 270 g/mol. The zero-order valence-corrected chi connectivity index (χ0v) is 11.2. The Morgan fingerprint density at radius 1 is 1.67 bits per heavy atom. The number of fused-ring (bicyclic) bond motifs is 1. The summed E-state index contributed by atoms with van der Waals surface area (Å²) in [7, 11) is 0. The number of halogens is 1. The zero-order chi connectivity index (χ0) is 13.0. The first-order chi connectivity index (χ1) is 8.72. The Labute approximate surface area is 114 Å². The second kappa shape index (κ2) is 5.84. The number of thiazole rings is 1. The highest BCUT2D eigenvalue weighted by Crippen LogP contribution is 2.22. The summed E-state index contributed by atoms with van der Waals surface area (Å²) >= 11 is 7.49. The quantitative estimate of drug-likeness (QED) is 0.520. The van der Waals surface area contributed by atoms with E-state index < -0.39 is 0 Å². The second-order valence-electron chi connectivity index (χ2n) is 3.55. The van der Waals surface area contributed by atoms with Crippen molar-refractivity contribution in [1.82, 2.24) is 14.7 Å². The van der Waals surface area contributed by atoms with Gasteiger partial charge in [0.2, 0.25) is 5.91 Å². The van der Waals surface area contributed by atoms with Gasteiger partial charge in [-0.3, -0.25) is 9.20 Å². The van der Waals surface area contributed by atoms with Crippen molar-refractivity contribution in [2.24, 2.45) is 0 Å². The van der Waals surface area contributed by atoms with Crippen LogP contribution in [0.15, 0.2) is 30.3 Å². The van der Waals surface area contributed by atoms with Crippen LogP contribution < -0.4 is 5.32 Å². The minimum Gasteiger partial charge on any atom is -0.352 e. The molecule has 0 fully saturated rings. The van der Waals surface area contributed by atoms with Crippen molar-refractivity contribution < 1.29 is 4.79 Å². The highest BCUT2D eigenvalue weighted by molar-refractivity contribution is 7.15. The van der Waals surface area contributed by atoms with Gasteiger partial charge in [0.25, 0.3) is 0 Å². The van der Waals surface area contributed by atoms with Crippen LogP contribution in [0.4, 0.5) is 0 Å². The summed E-state index contributed by atoms with van der Waals surface area (Å²) in [6.07, 6.45) is 7.50. The molecule has 4 nitrogen and oxygen atoms in total. The molecule has 2 aromatic rings. The van der Waals surface area contributed by atoms with Crippen LogP contribution in [0, 0.1) is 0 Å². The van der Waals surface area contributed by atoms with E-state index >= 15 is 0 Å². The smallest absolute Gasteiger partial charge is 0.244 e. The average molecular weight is 282 g/mol. The monoisotopic (exact) mass is 281 g/mol. The topological polar surface area (TPSA) is 46.4 Å². The van der Waals surface area contributed by atoms with E-state index in [0.29, 0.717) is 17.4 Å². The molecule has 0 aliphatic heterocycles. The molecular formula is C12H12ClN3OS. The number of carbonyl (C=O) groups excluding carboxylic acids is 1. The van der Waals surface area contributed by atoms with Gasteiger partial charge < -0.3 is 5.32 Å². The summed E-state index contributed by atoms with van der Waals surface area (Å²) in [4.78, 5) is 16.5. The van der Waals surface area contributed by atoms with E-state index in [4.69, 9.17) is 11.6 Å². The predicted octanol–water partition coefficient (Wildman–Crippen LogP) is 2.75. The molecule has 0 unspecified atom stereocenters. The van der Waals surface area contributed by atoms with Crippen LogP contribution in [0.1, 0.15) is 12.1 Å². The van der Waals surface area contributed by atoms with Crippen molar-refractivity contribution in [2.45, 2.75) is 6.42 Å². The summed E-state index contributed by atoms with van der Waals surface area (Å²) in [5, 5.41) is 5.06. The Balaban J connectivity index is 2.08. The molecule has 0 saturated carbocycles. The Morgan fingerprint density at radius 2 is 2.50 bits per heavy atom. The van der Waals surface area contributed by atoms with E-state index in [9.17, 15) is 4.79 Å². The summed E-state index contributed by atoms with van der Waals surface area (Å²) in [6, 6.07) is 0. The van der Waals surface area contributed by atoms with E-state index in [1.807, 2.05) is 16.0 Å². The van der Waals surface area contributed by atoms with E-state index in [2.05, 4.69) is 16.9 Å². The minimum absolute atomic E-state index is 0.155. The van der Waals surface area contributed by atoms with E-state index in [1.54, 1.807) is 12.2 Å². The number of rotatable bonds is 5. The van der Waals surface area contributed by atoms with Crippen molar-refractivity contribution in [1.29, 1.82) is 0 Å². The van der Waals surface area contributed by atoms with Gasteiger partial charge in [-0.1, -0.05) is 17.7 Å². The Bertz CT molecular complexity index is 600. The third-order valence-corrected chi connectivity index (χ3v) is 3.33. The molecule has 6 heteroatoms. The van der Waals surface area contributed by atoms with Crippen LogP contribution in [-0.4, -0.2) is 21.8 Å². The Hall–Kier alpha value is -1.59. The summed E-state index contributed by atoms with van der Waals surface area (Å²) in [5.41, 5.74) is 0.715. The standard InChI is InChI=1S/C12H12ClN3OS/c1-2-3-6-14-10(17)5-4-9-11(13)15-12-16(9)7-8-18-12/h2,4-5,7-8H,1,3,6H2,(H,14,17)/b5-4+. The van der Waals surface area contributed by atoms with Crippen LogP contribution in [-0.2, 0) is 4.79 Å². The molecule has 1 N–H and O–H groups in total. The first-order valence-electron chi connectivity index (χ1n) is 5.40. The molecule has 0 bridgehead atoms. The summed E-state index contributed by atoms with van der Waals surface area (Å²) in [6.45, 7) is 4.17. The lowest BCUT2D eigenvalue weighted by Gasteiger charge is -1.97. The molecule has 18 heavy (non-hydrogen) atoms. The molecule has 0 radical (unpaired) electrons. The van der Waals surface area contributed by atoms with Gasteiger partial charge in [0.1, 0.15) is 0 Å². The lowest BCUT2D eigenvalue weighted by molar-refractivity contribution is -0.116. The van der Waals surface area contributed by atoms with Crippen molar-refractivity contribution in [2.75, 3.05) is 6.54 Å². The second-order valence-corrected chi connectivity index (χ2v) is 4.78. The Kier molecular flexibility index (Phi) is 4.17. The fraction of sp³-hybridized carbons (Fsp3) is 0.167. The van der Waals surface area contributed by atoms with E-state index in [1.165, 1.54) is 17.4 Å². The molecule has 0 aromatic carbocycles. The fourth-order valence-corrected chi connectivity index (χ4v) is 2.44. The molecule has 0 atom stereocenters. The maximum atomic E-state index is 11.5. The summed E-state index contributed by atoms with van der Waals surface area (Å²) < 4.78 is 1.85. The number of hydrogen-bond acceptors (Lipinski definition) is 3. The molecule has 2 heterocycles. The van der Waals surface area contributed by atoms with Crippen molar-refractivity contribution >= 4 is 39.9 Å². The van der Waals surface area contributed by atoms with Gasteiger partial charge in [0.05, 0.1) is 5.69 Å². The average Bonchev–Trinajstić information content (AvgIpc) is 2.88. The number of amides is 1. The number of nitrogens with one attached hydrogen (secondary N) is 1. The molecule has 0 saturated heterocycles. The van der Waals surface area contributed by atoms with Gasteiger partial charge in [-0.2, -0.15) is 0 Å². The highest BCUT2D eigenvalue weighted by atomic mass is 35.5. The lowest BCUT2D eigenvalue weighted by atomic mass is 10.3. The number of aromatic nitrogens is 2. The number of hydrogen-bond donors (Lipinski definition) is 1. The van der Waals surface area contributed by atoms with Crippen LogP contribution >= 0.6 is 22.9 Å². The maximum Gasteiger partial charge on any atom is 0.244 e. The van der Waals surface area contributed by atoms with Crippen molar-refractivity contribution in [3.05, 3.63) is 41.2 Å². The SMILES string of the molecule is C=CCCNC(=O)/C=C/c1c(Cl)nc2sccn12. The van der Waals surface area contributed by atoms with Crippen LogP contribution in [0.25, 0.3) is 11.0 Å². The van der Waals surface area contributed by atoms with E-state index in [-0.39, 0.29) is 5.91 Å². The molecule has 2 aromatic heterocycles. The van der Waals surface area contributed by atoms with Gasteiger partial charge in [-0.15, -0.1) is 17.9 Å². The Morgan fingerprint density at radius 3 is 3.28 bits per heavy atom. The van der Waals surface area contributed by atoms with Crippen molar-refractivity contribution in [3.8, 4) is 0 Å². The molecule has 0 aliphatic carbocycles. The molecule has 1 amide bonds. The van der Waals surface area contributed by atoms with Gasteiger partial charge >= 0.3 is 0 Å². The lowest BCUT2D eigenvalue weighted by Crippen LogP contribution is -2.21. The number of imidazole rings is 1. The van der Waals surface area contributed by atoms with Crippen LogP contribution in [0.5, 0.6) is 0 Å². The minimum atomic E-state index is -0.155. The molecule has 2 rings (SSSR count). The first kappa shape index (κ1) is 12.9. The fourth-order valence-electron chi connectivity index (χ4n) is 1.44. The van der Waals surface area contributed by atoms with Crippen LogP contribution in [0.3, 0.4) is 0 Å². The van der Waals surface area contributed by atoms with Gasteiger partial charge in [0.15, 0.2) is 10.1 Å². The van der Waals surface area contributed by atoms with E-state index in [0.717, 1.165) is 11.4 Å². The number of carbonyl (C=O) groups is 1. The predicted molar refractivity (Wildman–Crippen MR) is 74.9 cm³/mol. The molecule has 94 valence electrons. The maximum absolute atomic E-state index is 11.5. The van der Waals surface area contributed by atoms with Gasteiger partial charge in [-0.25, -0.2) is 4.98 Å². The zero-order valence-electron chi connectivity index (χ0n) is 9.60. The van der Waals surface area contributed by atoms with Crippen LogP contribution in [0.2, 0.25) is 5.15 Å². The van der Waals surface area contributed by atoms with Crippen molar-refractivity contribution in [3.63, 3.8) is 0 Å². The largest absolute Gasteiger partial charge is 0.352 e. The van der Waals surface area contributed by atoms with Gasteiger partial charge in [0, 0.05) is 24.2 Å². The summed E-state index contributed by atoms with van der Waals surface area (Å²) in [5.74, 6) is -0.155. The number of nitrogens with zero attached hydrogens (tertiary/aromatic N) is 2. The third-order valence-electron chi connectivity index (χ3n) is 2.29.